The van der Waals surface area contributed by atoms with E-state index in [1.807, 2.05) is 62.2 Å². The summed E-state index contributed by atoms with van der Waals surface area (Å²) in [5.41, 5.74) is 3.80. The maximum Gasteiger partial charge on any atom is 0.488 e. The second-order valence-electron chi connectivity index (χ2n) is 18.3. The van der Waals surface area contributed by atoms with Gasteiger partial charge in [-0.3, -0.25) is 9.97 Å². The Kier molecular flexibility index (Phi) is 16.9. The first kappa shape index (κ1) is 50.2. The minimum Gasteiger partial charge on any atom is -0.423 e. The highest BCUT2D eigenvalue weighted by molar-refractivity contribution is 6.58. The molecule has 0 aliphatic carbocycles. The second kappa shape index (κ2) is 23.6. The van der Waals surface area contributed by atoms with Crippen LogP contribution in [0.5, 0.6) is 0 Å². The van der Waals surface area contributed by atoms with Gasteiger partial charge >= 0.3 is 19.2 Å². The van der Waals surface area contributed by atoms with Crippen molar-refractivity contribution in [1.82, 2.24) is 50.0 Å². The molecule has 4 aromatic heterocycles. The van der Waals surface area contributed by atoms with Crippen molar-refractivity contribution in [2.24, 2.45) is 0 Å². The fourth-order valence-corrected chi connectivity index (χ4v) is 9.78. The average molecular weight is 973 g/mol. The minimum absolute atomic E-state index is 0.0139. The minimum atomic E-state index is -1.43. The number of aromatic nitrogens is 6. The molecule has 4 amide bonds. The Hall–Kier alpha value is -6.25. The van der Waals surface area contributed by atoms with E-state index in [9.17, 15) is 14.7 Å². The molecular formula is C50H62BClN12O6. The molecule has 10 rings (SSSR count). The number of carbonyl (C=O) groups is 2. The molecule has 4 aliphatic heterocycles. The predicted octanol–water partition coefficient (Wildman–Crippen LogP) is 4.95. The van der Waals surface area contributed by atoms with Gasteiger partial charge in [-0.1, -0.05) is 60.1 Å². The molecule has 0 bridgehead atoms. The number of nitrogens with zero attached hydrogens (tertiary/aromatic N) is 12. The summed E-state index contributed by atoms with van der Waals surface area (Å²) in [6.45, 7) is 11.9. The highest BCUT2D eigenvalue weighted by Gasteiger charge is 2.34. The first-order valence-electron chi connectivity index (χ1n) is 24.3. The SMILES string of the molecule is C[C@H]1CN(c2nnc(-c3ccc(CO)cc3)c3ccncc23)CCN1C(=O)N1CCCCC1.C[C@H]1CN(c2nnc(Cl)c3ccncc23)CCN1C(=O)N1CCCCC1.OCc1ccc(B(O)O)cc1. The van der Waals surface area contributed by atoms with Gasteiger partial charge in [-0.15, -0.1) is 20.4 Å². The van der Waals surface area contributed by atoms with Crippen LogP contribution in [0.3, 0.4) is 0 Å². The number of piperazine rings is 2. The van der Waals surface area contributed by atoms with E-state index in [2.05, 4.69) is 54.0 Å². The molecule has 6 aromatic rings. The standard InChI is InChI=1S/C25H30N6O2.C18H23ClN6O.C7H9BO3/c1-18-16-30(13-14-31(18)25(33)29-11-3-2-4-12-29)24-22-15-26-10-9-21(22)23(27-28-24)20-7-5-19(17-32)6-8-20;1-13-12-24(9-10-25(13)18(26)23-7-3-2-4-8-23)17-15-11-20-6-5-14(15)16(19)21-22-17;9-5-6-1-3-7(4-2-6)8(10)11/h5-10,15,18,32H,2-4,11-14,16-17H2,1H3;5-6,11,13H,2-4,7-10,12H2,1H3;1-4,9-11H,5H2/t18-;13-;/m00./s1. The largest absolute Gasteiger partial charge is 0.488 e. The van der Waals surface area contributed by atoms with Gasteiger partial charge in [-0.2, -0.15) is 0 Å². The topological polar surface area (TPSA) is 212 Å². The second-order valence-corrected chi connectivity index (χ2v) is 18.7. The normalized spacial score (nSPS) is 18.5. The van der Waals surface area contributed by atoms with E-state index in [-0.39, 0.29) is 37.4 Å². The first-order chi connectivity index (χ1) is 34.0. The van der Waals surface area contributed by atoms with Gasteiger partial charge in [0.1, 0.15) is 5.69 Å². The summed E-state index contributed by atoms with van der Waals surface area (Å²) in [5.74, 6) is 1.60. The summed E-state index contributed by atoms with van der Waals surface area (Å²) in [7, 11) is -1.43. The predicted molar refractivity (Wildman–Crippen MR) is 272 cm³/mol. The number of piperidine rings is 2. The summed E-state index contributed by atoms with van der Waals surface area (Å²) >= 11 is 6.17. The third kappa shape index (κ3) is 11.7. The third-order valence-electron chi connectivity index (χ3n) is 13.5. The zero-order valence-electron chi connectivity index (χ0n) is 39.9. The zero-order valence-corrected chi connectivity index (χ0v) is 40.6. The van der Waals surface area contributed by atoms with Crippen LogP contribution in [0.25, 0.3) is 32.8 Å². The number of hydrogen-bond acceptors (Lipinski definition) is 14. The smallest absolute Gasteiger partial charge is 0.423 e. The van der Waals surface area contributed by atoms with Crippen molar-refractivity contribution in [2.75, 3.05) is 75.2 Å². The maximum atomic E-state index is 13.0. The summed E-state index contributed by atoms with van der Waals surface area (Å²) < 4.78 is 0. The number of amides is 4. The highest BCUT2D eigenvalue weighted by atomic mass is 35.5. The number of carbonyl (C=O) groups excluding carboxylic acids is 2. The molecule has 0 saturated carbocycles. The van der Waals surface area contributed by atoms with Crippen LogP contribution in [-0.2, 0) is 13.2 Å². The van der Waals surface area contributed by atoms with E-state index in [4.69, 9.17) is 26.8 Å². The van der Waals surface area contributed by atoms with Gasteiger partial charge in [-0.25, -0.2) is 9.59 Å². The number of pyridine rings is 2. The molecule has 20 heteroatoms. The molecular weight excluding hydrogens is 911 g/mol. The van der Waals surface area contributed by atoms with Crippen molar-refractivity contribution >= 4 is 69.4 Å². The lowest BCUT2D eigenvalue weighted by molar-refractivity contribution is 0.122. The van der Waals surface area contributed by atoms with Crippen LogP contribution in [0, 0.1) is 0 Å². The van der Waals surface area contributed by atoms with Crippen molar-refractivity contribution in [2.45, 2.75) is 77.7 Å². The number of fused-ring (bicyclic) bond motifs is 2. The van der Waals surface area contributed by atoms with Crippen molar-refractivity contribution < 1.29 is 29.9 Å². The van der Waals surface area contributed by atoms with Crippen LogP contribution in [-0.4, -0.2) is 167 Å². The van der Waals surface area contributed by atoms with Crippen molar-refractivity contribution in [1.29, 1.82) is 0 Å². The Morgan fingerprint density at radius 2 is 1.03 bits per heavy atom. The van der Waals surface area contributed by atoms with Gasteiger partial charge in [0.25, 0.3) is 0 Å². The molecule has 0 unspecified atom stereocenters. The van der Waals surface area contributed by atoms with E-state index in [1.165, 1.54) is 12.8 Å². The molecule has 8 heterocycles. The number of urea groups is 2. The number of benzene rings is 2. The Bertz CT molecular complexity index is 2690. The lowest BCUT2D eigenvalue weighted by Crippen LogP contribution is -2.58. The Morgan fingerprint density at radius 3 is 1.50 bits per heavy atom. The number of aliphatic hydroxyl groups is 2. The van der Waals surface area contributed by atoms with Crippen molar-refractivity contribution in [3.05, 3.63) is 102 Å². The molecule has 4 fully saturated rings. The van der Waals surface area contributed by atoms with E-state index in [0.717, 1.165) is 121 Å². The van der Waals surface area contributed by atoms with Gasteiger partial charge in [-0.05, 0) is 81.1 Å². The highest BCUT2D eigenvalue weighted by Crippen LogP contribution is 2.33. The van der Waals surface area contributed by atoms with E-state index >= 15 is 0 Å². The van der Waals surface area contributed by atoms with Gasteiger partial charge in [0, 0.05) is 129 Å². The Balaban J connectivity index is 0.000000158. The van der Waals surface area contributed by atoms with Crippen LogP contribution in [0.15, 0.2) is 85.5 Å². The molecule has 368 valence electrons. The monoisotopic (exact) mass is 972 g/mol. The number of anilines is 2. The van der Waals surface area contributed by atoms with E-state index < -0.39 is 7.12 Å². The molecule has 2 aromatic carbocycles. The van der Waals surface area contributed by atoms with Crippen LogP contribution < -0.4 is 15.3 Å². The first-order valence-corrected chi connectivity index (χ1v) is 24.7. The van der Waals surface area contributed by atoms with Crippen LogP contribution >= 0.6 is 11.6 Å². The zero-order chi connectivity index (χ0) is 49.1. The quantitative estimate of drug-likeness (QED) is 0.163. The third-order valence-corrected chi connectivity index (χ3v) is 13.8. The summed E-state index contributed by atoms with van der Waals surface area (Å²) in [4.78, 5) is 46.9. The lowest BCUT2D eigenvalue weighted by atomic mass is 9.80. The van der Waals surface area contributed by atoms with Crippen molar-refractivity contribution in [3.8, 4) is 11.3 Å². The summed E-state index contributed by atoms with van der Waals surface area (Å²) in [6, 6.07) is 18.5. The van der Waals surface area contributed by atoms with E-state index in [0.29, 0.717) is 36.8 Å². The van der Waals surface area contributed by atoms with Gasteiger partial charge in [0.2, 0.25) is 0 Å². The molecule has 0 spiro atoms. The van der Waals surface area contributed by atoms with Crippen molar-refractivity contribution in [3.63, 3.8) is 0 Å². The molecule has 2 atom stereocenters. The molecule has 4 N–H and O–H groups in total. The van der Waals surface area contributed by atoms with Gasteiger partial charge in [0.05, 0.1) is 13.2 Å². The average Bonchev–Trinajstić information content (AvgIpc) is 3.41. The van der Waals surface area contributed by atoms with Crippen LogP contribution in [0.4, 0.5) is 21.2 Å². The molecule has 4 saturated heterocycles. The maximum absolute atomic E-state index is 13.0. The number of rotatable bonds is 6. The number of likely N-dealkylation sites (tertiary alicyclic amines) is 2. The fourth-order valence-electron chi connectivity index (χ4n) is 9.58. The number of hydrogen-bond donors (Lipinski definition) is 4. The fraction of sp³-hybridized carbons (Fsp3) is 0.440. The molecule has 0 radical (unpaired) electrons. The summed E-state index contributed by atoms with van der Waals surface area (Å²) in [6.07, 6.45) is 14.0. The number of halogens is 1. The lowest BCUT2D eigenvalue weighted by Gasteiger charge is -2.43. The Morgan fingerprint density at radius 1 is 0.571 bits per heavy atom. The number of aliphatic hydroxyl groups excluding tert-OH is 2. The van der Waals surface area contributed by atoms with Gasteiger partial charge in [0.15, 0.2) is 16.8 Å². The molecule has 18 nitrogen and oxygen atoms in total. The molecule has 4 aliphatic rings. The summed E-state index contributed by atoms with van der Waals surface area (Å²) in [5, 5.41) is 57.0. The van der Waals surface area contributed by atoms with Gasteiger partial charge < -0.3 is 49.7 Å². The van der Waals surface area contributed by atoms with Crippen LogP contribution in [0.1, 0.15) is 63.5 Å². The molecule has 70 heavy (non-hydrogen) atoms. The Labute approximate surface area is 413 Å². The van der Waals surface area contributed by atoms with E-state index in [1.54, 1.807) is 42.9 Å². The van der Waals surface area contributed by atoms with Crippen LogP contribution in [0.2, 0.25) is 5.15 Å².